The molecule has 0 spiro atoms. The molecule has 0 saturated carbocycles. The third kappa shape index (κ3) is 2.38. The van der Waals surface area contributed by atoms with Crippen molar-refractivity contribution in [1.29, 1.82) is 0 Å². The summed E-state index contributed by atoms with van der Waals surface area (Å²) in [6, 6.07) is 0. The van der Waals surface area contributed by atoms with Crippen LogP contribution in [0, 0.1) is 13.8 Å². The van der Waals surface area contributed by atoms with Crippen LogP contribution in [0.5, 0.6) is 0 Å². The molecule has 0 aromatic carbocycles. The van der Waals surface area contributed by atoms with Gasteiger partial charge in [0.25, 0.3) is 0 Å². The molecule has 5 nitrogen and oxygen atoms in total. The molecule has 108 valence electrons. The largest absolute Gasteiger partial charge is 0.435 e. The van der Waals surface area contributed by atoms with Gasteiger partial charge in [0.15, 0.2) is 5.69 Å². The number of hydrogen-bond acceptors (Lipinski definition) is 4. The van der Waals surface area contributed by atoms with Crippen LogP contribution in [0.15, 0.2) is 6.20 Å². The fourth-order valence-corrected chi connectivity index (χ4v) is 1.98. The summed E-state index contributed by atoms with van der Waals surface area (Å²) in [6.07, 6.45) is -3.24. The van der Waals surface area contributed by atoms with Gasteiger partial charge >= 0.3 is 6.18 Å². The quantitative estimate of drug-likeness (QED) is 0.916. The van der Waals surface area contributed by atoms with Crippen molar-refractivity contribution in [2.45, 2.75) is 26.6 Å². The van der Waals surface area contributed by atoms with Crippen LogP contribution < -0.4 is 5.73 Å². The molecule has 0 fully saturated rings. The third-order valence-corrected chi connectivity index (χ3v) is 3.17. The summed E-state index contributed by atoms with van der Waals surface area (Å²) in [5, 5.41) is 11.2. The molecule has 0 saturated heterocycles. The van der Waals surface area contributed by atoms with E-state index >= 15 is 0 Å². The lowest BCUT2D eigenvalue weighted by molar-refractivity contribution is -0.141. The van der Waals surface area contributed by atoms with Gasteiger partial charge in [0, 0.05) is 19.8 Å². The SMILES string of the molecule is Cc1c(CN)nnc(-c2cn(C)nc2C(F)(F)F)c1C. The van der Waals surface area contributed by atoms with Gasteiger partial charge in [0.2, 0.25) is 0 Å². The number of alkyl halides is 3. The van der Waals surface area contributed by atoms with Crippen LogP contribution in [0.25, 0.3) is 11.3 Å². The molecule has 2 aromatic heterocycles. The zero-order valence-electron chi connectivity index (χ0n) is 11.3. The number of aromatic nitrogens is 4. The Morgan fingerprint density at radius 3 is 2.40 bits per heavy atom. The summed E-state index contributed by atoms with van der Waals surface area (Å²) >= 11 is 0. The molecule has 0 amide bonds. The van der Waals surface area contributed by atoms with Gasteiger partial charge in [-0.1, -0.05) is 0 Å². The minimum absolute atomic E-state index is 0.0725. The predicted molar refractivity (Wildman–Crippen MR) is 66.6 cm³/mol. The van der Waals surface area contributed by atoms with Gasteiger partial charge in [-0.15, -0.1) is 5.10 Å². The molecule has 2 heterocycles. The Kier molecular flexibility index (Phi) is 3.51. The van der Waals surface area contributed by atoms with Gasteiger partial charge in [-0.25, -0.2) is 0 Å². The van der Waals surface area contributed by atoms with Crippen molar-refractivity contribution in [3.05, 3.63) is 28.7 Å². The number of aryl methyl sites for hydroxylation is 1. The van der Waals surface area contributed by atoms with E-state index in [4.69, 9.17) is 5.73 Å². The normalized spacial score (nSPS) is 11.9. The second-order valence-corrected chi connectivity index (χ2v) is 4.51. The number of halogens is 3. The van der Waals surface area contributed by atoms with Crippen molar-refractivity contribution in [1.82, 2.24) is 20.0 Å². The molecule has 8 heteroatoms. The van der Waals surface area contributed by atoms with Gasteiger partial charge in [0.05, 0.1) is 17.0 Å². The molecule has 2 N–H and O–H groups in total. The maximum absolute atomic E-state index is 13.0. The number of nitrogens with two attached hydrogens (primary N) is 1. The summed E-state index contributed by atoms with van der Waals surface area (Å²) in [6.45, 7) is 3.66. The number of hydrogen-bond donors (Lipinski definition) is 1. The van der Waals surface area contributed by atoms with E-state index in [-0.39, 0.29) is 17.8 Å². The Balaban J connectivity index is 2.67. The maximum Gasteiger partial charge on any atom is 0.435 e. The van der Waals surface area contributed by atoms with E-state index < -0.39 is 11.9 Å². The van der Waals surface area contributed by atoms with E-state index in [1.807, 2.05) is 0 Å². The average Bonchev–Trinajstić information content (AvgIpc) is 2.74. The number of rotatable bonds is 2. The van der Waals surface area contributed by atoms with E-state index in [0.29, 0.717) is 11.3 Å². The Hall–Kier alpha value is -1.96. The summed E-state index contributed by atoms with van der Waals surface area (Å²) < 4.78 is 40.1. The fourth-order valence-electron chi connectivity index (χ4n) is 1.98. The van der Waals surface area contributed by atoms with E-state index in [9.17, 15) is 13.2 Å². The highest BCUT2D eigenvalue weighted by atomic mass is 19.4. The van der Waals surface area contributed by atoms with Crippen molar-refractivity contribution < 1.29 is 13.2 Å². The summed E-state index contributed by atoms with van der Waals surface area (Å²) in [5.41, 5.74) is 6.60. The molecule has 0 atom stereocenters. The second-order valence-electron chi connectivity index (χ2n) is 4.51. The van der Waals surface area contributed by atoms with Crippen molar-refractivity contribution in [2.24, 2.45) is 12.8 Å². The topological polar surface area (TPSA) is 69.6 Å². The summed E-state index contributed by atoms with van der Waals surface area (Å²) in [7, 11) is 1.43. The second kappa shape index (κ2) is 4.86. The Morgan fingerprint density at radius 1 is 1.20 bits per heavy atom. The predicted octanol–water partition coefficient (Wildman–Crippen LogP) is 1.97. The van der Waals surface area contributed by atoms with Crippen molar-refractivity contribution in [3.8, 4) is 11.3 Å². The van der Waals surface area contributed by atoms with Gasteiger partial charge in [-0.05, 0) is 25.0 Å². The molecule has 2 rings (SSSR count). The standard InChI is InChI=1S/C12H14F3N5/c1-6-7(2)10(18-17-9(6)4-16)8-5-20(3)19-11(8)12(13,14)15/h5H,4,16H2,1-3H3. The van der Waals surface area contributed by atoms with Gasteiger partial charge in [0.1, 0.15) is 0 Å². The molecule has 0 aliphatic carbocycles. The molecule has 0 aliphatic heterocycles. The van der Waals surface area contributed by atoms with Crippen LogP contribution in [0.4, 0.5) is 13.2 Å². The van der Waals surface area contributed by atoms with E-state index in [1.54, 1.807) is 13.8 Å². The van der Waals surface area contributed by atoms with Gasteiger partial charge in [-0.2, -0.15) is 23.4 Å². The van der Waals surface area contributed by atoms with Crippen LogP contribution in [-0.2, 0) is 19.8 Å². The molecule has 0 unspecified atom stereocenters. The van der Waals surface area contributed by atoms with Crippen LogP contribution in [-0.4, -0.2) is 20.0 Å². The minimum atomic E-state index is -4.54. The van der Waals surface area contributed by atoms with Crippen molar-refractivity contribution in [2.75, 3.05) is 0 Å². The first-order valence-corrected chi connectivity index (χ1v) is 5.89. The van der Waals surface area contributed by atoms with Crippen LogP contribution in [0.1, 0.15) is 22.5 Å². The molecule has 20 heavy (non-hydrogen) atoms. The van der Waals surface area contributed by atoms with Crippen LogP contribution in [0.3, 0.4) is 0 Å². The lowest BCUT2D eigenvalue weighted by atomic mass is 10.0. The number of nitrogens with zero attached hydrogens (tertiary/aromatic N) is 4. The van der Waals surface area contributed by atoms with Crippen molar-refractivity contribution in [3.63, 3.8) is 0 Å². The van der Waals surface area contributed by atoms with Gasteiger partial charge in [-0.3, -0.25) is 4.68 Å². The van der Waals surface area contributed by atoms with E-state index in [2.05, 4.69) is 15.3 Å². The third-order valence-electron chi connectivity index (χ3n) is 3.17. The average molecular weight is 285 g/mol. The van der Waals surface area contributed by atoms with E-state index in [1.165, 1.54) is 13.2 Å². The summed E-state index contributed by atoms with van der Waals surface area (Å²) in [4.78, 5) is 0. The fraction of sp³-hybridized carbons (Fsp3) is 0.417. The minimum Gasteiger partial charge on any atom is -0.325 e. The maximum atomic E-state index is 13.0. The Bertz CT molecular complexity index is 645. The zero-order valence-corrected chi connectivity index (χ0v) is 11.3. The van der Waals surface area contributed by atoms with Gasteiger partial charge < -0.3 is 5.73 Å². The zero-order chi connectivity index (χ0) is 15.1. The smallest absolute Gasteiger partial charge is 0.325 e. The Labute approximate surface area is 113 Å². The van der Waals surface area contributed by atoms with E-state index in [0.717, 1.165) is 10.2 Å². The lowest BCUT2D eigenvalue weighted by Gasteiger charge is -2.11. The molecule has 0 radical (unpaired) electrons. The first-order valence-electron chi connectivity index (χ1n) is 5.89. The molecule has 0 aliphatic rings. The van der Waals surface area contributed by atoms with Crippen molar-refractivity contribution >= 4 is 0 Å². The monoisotopic (exact) mass is 285 g/mol. The Morgan fingerprint density at radius 2 is 1.85 bits per heavy atom. The lowest BCUT2D eigenvalue weighted by Crippen LogP contribution is -2.11. The highest BCUT2D eigenvalue weighted by Crippen LogP contribution is 2.36. The molecular formula is C12H14F3N5. The first-order chi connectivity index (χ1) is 9.25. The summed E-state index contributed by atoms with van der Waals surface area (Å²) in [5.74, 6) is 0. The molecule has 0 bridgehead atoms. The van der Waals surface area contributed by atoms with Crippen LogP contribution >= 0.6 is 0 Å². The highest BCUT2D eigenvalue weighted by Gasteiger charge is 2.38. The highest BCUT2D eigenvalue weighted by molar-refractivity contribution is 5.66. The first kappa shape index (κ1) is 14.4. The molecule has 2 aromatic rings. The molecular weight excluding hydrogens is 271 g/mol. The van der Waals surface area contributed by atoms with Crippen LogP contribution in [0.2, 0.25) is 0 Å².